The summed E-state index contributed by atoms with van der Waals surface area (Å²) in [5.74, 6) is -0.803. The second kappa shape index (κ2) is 71.8. The maximum Gasteiger partial charge on any atom is 0.472 e. The first-order chi connectivity index (χ1) is 41.8. The van der Waals surface area contributed by atoms with E-state index in [9.17, 15) is 19.0 Å². The Hall–Kier alpha value is -1.25. The van der Waals surface area contributed by atoms with E-state index in [1.54, 1.807) is 0 Å². The minimum Gasteiger partial charge on any atom is -0.462 e. The Morgan fingerprint density at radius 1 is 0.341 bits per heavy atom. The summed E-state index contributed by atoms with van der Waals surface area (Å²) < 4.78 is 33.2. The highest BCUT2D eigenvalue weighted by atomic mass is 31.2. The van der Waals surface area contributed by atoms with Gasteiger partial charge in [-0.3, -0.25) is 18.6 Å². The van der Waals surface area contributed by atoms with Crippen molar-refractivity contribution >= 4 is 19.8 Å². The number of carbonyl (C=O) groups is 2. The van der Waals surface area contributed by atoms with Gasteiger partial charge in [-0.15, -0.1) is 0 Å². The van der Waals surface area contributed by atoms with Crippen molar-refractivity contribution in [3.05, 3.63) is 12.2 Å². The van der Waals surface area contributed by atoms with Crippen molar-refractivity contribution < 1.29 is 37.6 Å². The fourth-order valence-electron chi connectivity index (χ4n) is 12.0. The Balaban J connectivity index is 3.70. The number of nitrogens with two attached hydrogens (primary N) is 1. The number of phosphoric ester groups is 1. The molecule has 506 valence electrons. The van der Waals surface area contributed by atoms with Crippen molar-refractivity contribution in [2.45, 2.75) is 431 Å². The first kappa shape index (κ1) is 83.8. The van der Waals surface area contributed by atoms with Gasteiger partial charge < -0.3 is 20.1 Å². The summed E-state index contributed by atoms with van der Waals surface area (Å²) >= 11 is 0. The fraction of sp³-hybridized carbons (Fsp3) is 0.947. The maximum atomic E-state index is 12.8. The van der Waals surface area contributed by atoms with Crippen LogP contribution < -0.4 is 5.73 Å². The molecule has 2 atom stereocenters. The lowest BCUT2D eigenvalue weighted by atomic mass is 10.0. The second-order valence-corrected chi connectivity index (χ2v) is 27.7. The predicted molar refractivity (Wildman–Crippen MR) is 368 cm³/mol. The molecule has 0 aromatic rings. The molecule has 0 aromatic carbocycles. The number of rotatable bonds is 74. The molecule has 0 aliphatic heterocycles. The van der Waals surface area contributed by atoms with Gasteiger partial charge in [0.15, 0.2) is 6.10 Å². The third kappa shape index (κ3) is 71.7. The lowest BCUT2D eigenvalue weighted by Gasteiger charge is -2.19. The van der Waals surface area contributed by atoms with Crippen LogP contribution in [0.3, 0.4) is 0 Å². The third-order valence-electron chi connectivity index (χ3n) is 17.7. The highest BCUT2D eigenvalue weighted by Crippen LogP contribution is 2.43. The van der Waals surface area contributed by atoms with E-state index < -0.39 is 26.5 Å². The Kier molecular flexibility index (Phi) is 70.8. The monoisotopic (exact) mass is 1220 g/mol. The van der Waals surface area contributed by atoms with Crippen LogP contribution in [0.25, 0.3) is 0 Å². The molecule has 0 fully saturated rings. The Labute approximate surface area is 530 Å². The smallest absolute Gasteiger partial charge is 0.462 e. The number of ether oxygens (including phenoxy) is 2. The second-order valence-electron chi connectivity index (χ2n) is 26.2. The molecule has 9 nitrogen and oxygen atoms in total. The Morgan fingerprint density at radius 3 is 0.835 bits per heavy atom. The van der Waals surface area contributed by atoms with Crippen LogP contribution in [0.4, 0.5) is 0 Å². The zero-order chi connectivity index (χ0) is 61.6. The van der Waals surface area contributed by atoms with Crippen LogP contribution in [0.5, 0.6) is 0 Å². The third-order valence-corrected chi connectivity index (χ3v) is 18.6. The van der Waals surface area contributed by atoms with E-state index in [0.717, 1.165) is 32.1 Å². The molecule has 0 rings (SSSR count). The van der Waals surface area contributed by atoms with Gasteiger partial charge in [-0.1, -0.05) is 386 Å². The molecule has 10 heteroatoms. The molecule has 0 heterocycles. The number of hydrogen-bond donors (Lipinski definition) is 2. The largest absolute Gasteiger partial charge is 0.472 e. The minimum atomic E-state index is -4.39. The molecule has 0 aromatic heterocycles. The van der Waals surface area contributed by atoms with Crippen LogP contribution in [0.2, 0.25) is 0 Å². The van der Waals surface area contributed by atoms with Crippen LogP contribution in [0.1, 0.15) is 425 Å². The molecule has 0 saturated carbocycles. The summed E-state index contributed by atoms with van der Waals surface area (Å²) in [6, 6.07) is 0. The topological polar surface area (TPSA) is 134 Å². The van der Waals surface area contributed by atoms with Crippen molar-refractivity contribution in [1.29, 1.82) is 0 Å². The molecular weight excluding hydrogens is 1070 g/mol. The van der Waals surface area contributed by atoms with Gasteiger partial charge in [-0.2, -0.15) is 0 Å². The molecule has 3 N–H and O–H groups in total. The van der Waals surface area contributed by atoms with E-state index in [2.05, 4.69) is 26.0 Å². The summed E-state index contributed by atoms with van der Waals surface area (Å²) in [5.41, 5.74) is 5.41. The summed E-state index contributed by atoms with van der Waals surface area (Å²) in [7, 11) is -4.39. The van der Waals surface area contributed by atoms with Crippen LogP contribution in [-0.2, 0) is 32.7 Å². The molecule has 0 spiro atoms. The van der Waals surface area contributed by atoms with Crippen LogP contribution >= 0.6 is 7.82 Å². The average molecular weight is 1220 g/mol. The van der Waals surface area contributed by atoms with E-state index in [1.165, 1.54) is 360 Å². The molecule has 0 amide bonds. The number of carbonyl (C=O) groups excluding carboxylic acids is 2. The highest BCUT2D eigenvalue weighted by molar-refractivity contribution is 7.47. The summed E-state index contributed by atoms with van der Waals surface area (Å²) in [4.78, 5) is 35.4. The van der Waals surface area contributed by atoms with Crippen molar-refractivity contribution in [2.24, 2.45) is 5.73 Å². The number of unbranched alkanes of at least 4 members (excludes halogenated alkanes) is 59. The lowest BCUT2D eigenvalue weighted by Crippen LogP contribution is -2.29. The van der Waals surface area contributed by atoms with E-state index in [-0.39, 0.29) is 38.6 Å². The van der Waals surface area contributed by atoms with E-state index in [4.69, 9.17) is 24.3 Å². The SMILES string of the molecule is CCCCCCCCCC/C=C\CCCCCCCCCCCCCC(=O)OC(COC(=O)CCCCCCCCCCCCCCCCCCCCCCCCCCCCCCCCCCCCCCCCCCC)COP(=O)(O)OCCN. The molecule has 0 radical (unpaired) electrons. The van der Waals surface area contributed by atoms with Gasteiger partial charge in [0, 0.05) is 19.4 Å². The van der Waals surface area contributed by atoms with Gasteiger partial charge in [0.2, 0.25) is 0 Å². The number of phosphoric acid groups is 1. The molecule has 85 heavy (non-hydrogen) atoms. The molecule has 0 aliphatic rings. The Morgan fingerprint density at radius 2 is 0.576 bits per heavy atom. The quantitative estimate of drug-likeness (QED) is 0.0264. The lowest BCUT2D eigenvalue weighted by molar-refractivity contribution is -0.161. The maximum absolute atomic E-state index is 12.8. The first-order valence-electron chi connectivity index (χ1n) is 38.2. The highest BCUT2D eigenvalue weighted by Gasteiger charge is 2.26. The standard InChI is InChI=1S/C75H148NO8P/c1-3-5-7-9-11-13-15-17-19-21-23-25-27-28-29-30-31-32-33-34-35-36-37-38-39-40-41-42-43-44-46-47-49-51-53-55-57-59-61-63-65-67-74(77)81-71-73(72-83-85(79,80)82-70-69-76)84-75(78)68-66-64-62-60-58-56-54-52-50-48-45-26-24-22-20-18-16-14-12-10-8-6-4-2/h22,24,73H,3-21,23,25-72,76H2,1-2H3,(H,79,80)/b24-22-. The zero-order valence-electron chi connectivity index (χ0n) is 57.1. The summed E-state index contributed by atoms with van der Waals surface area (Å²) in [6.07, 6.45) is 87.9. The van der Waals surface area contributed by atoms with Crippen LogP contribution in [0, 0.1) is 0 Å². The van der Waals surface area contributed by atoms with E-state index >= 15 is 0 Å². The van der Waals surface area contributed by atoms with E-state index in [0.29, 0.717) is 6.42 Å². The van der Waals surface area contributed by atoms with Crippen molar-refractivity contribution in [3.8, 4) is 0 Å². The molecule has 0 aliphatic carbocycles. The van der Waals surface area contributed by atoms with Gasteiger partial charge in [-0.05, 0) is 38.5 Å². The van der Waals surface area contributed by atoms with E-state index in [1.807, 2.05) is 0 Å². The van der Waals surface area contributed by atoms with Crippen LogP contribution in [0.15, 0.2) is 12.2 Å². The molecule has 0 saturated heterocycles. The predicted octanol–water partition coefficient (Wildman–Crippen LogP) is 25.1. The average Bonchev–Trinajstić information content (AvgIpc) is 3.52. The summed E-state index contributed by atoms with van der Waals surface area (Å²) in [6.45, 7) is 3.83. The number of hydrogen-bond acceptors (Lipinski definition) is 8. The van der Waals surface area contributed by atoms with Gasteiger partial charge >= 0.3 is 19.8 Å². The fourth-order valence-corrected chi connectivity index (χ4v) is 12.8. The van der Waals surface area contributed by atoms with Crippen molar-refractivity contribution in [2.75, 3.05) is 26.4 Å². The van der Waals surface area contributed by atoms with Crippen molar-refractivity contribution in [3.63, 3.8) is 0 Å². The van der Waals surface area contributed by atoms with Gasteiger partial charge in [0.25, 0.3) is 0 Å². The molecule has 0 bridgehead atoms. The minimum absolute atomic E-state index is 0.0570. The van der Waals surface area contributed by atoms with Crippen molar-refractivity contribution in [1.82, 2.24) is 0 Å². The number of esters is 2. The molecule has 2 unspecified atom stereocenters. The first-order valence-corrected chi connectivity index (χ1v) is 39.7. The zero-order valence-corrected chi connectivity index (χ0v) is 58.0. The number of allylic oxidation sites excluding steroid dienone is 2. The summed E-state index contributed by atoms with van der Waals surface area (Å²) in [5, 5.41) is 0. The van der Waals surface area contributed by atoms with Gasteiger partial charge in [-0.25, -0.2) is 4.57 Å². The van der Waals surface area contributed by atoms with Crippen LogP contribution in [-0.4, -0.2) is 49.3 Å². The normalized spacial score (nSPS) is 12.8. The van der Waals surface area contributed by atoms with Gasteiger partial charge in [0.05, 0.1) is 13.2 Å². The molecular formula is C75H148NO8P. The van der Waals surface area contributed by atoms with Gasteiger partial charge in [0.1, 0.15) is 6.61 Å². The Bertz CT molecular complexity index is 1400.